The van der Waals surface area contributed by atoms with Crippen LogP contribution < -0.4 is 5.32 Å². The third kappa shape index (κ3) is 2.98. The quantitative estimate of drug-likeness (QED) is 0.710. The predicted molar refractivity (Wildman–Crippen MR) is 63.5 cm³/mol. The molecule has 1 aliphatic rings. The third-order valence-corrected chi connectivity index (χ3v) is 3.98. The molecule has 0 aliphatic heterocycles. The fraction of sp³-hybridized carbons (Fsp3) is 1.00. The predicted octanol–water partition coefficient (Wildman–Crippen LogP) is 3.59. The zero-order chi connectivity index (χ0) is 10.4. The molecule has 0 aromatic carbocycles. The second-order valence-corrected chi connectivity index (χ2v) is 4.80. The minimum atomic E-state index is 0.783. The Bertz CT molecular complexity index is 144. The van der Waals surface area contributed by atoms with Crippen LogP contribution in [0, 0.1) is 11.8 Å². The van der Waals surface area contributed by atoms with Crippen molar-refractivity contribution >= 4 is 0 Å². The lowest BCUT2D eigenvalue weighted by Crippen LogP contribution is -2.39. The molecule has 3 unspecified atom stereocenters. The monoisotopic (exact) mass is 197 g/mol. The van der Waals surface area contributed by atoms with E-state index in [0.29, 0.717) is 0 Å². The van der Waals surface area contributed by atoms with Crippen molar-refractivity contribution in [3.63, 3.8) is 0 Å². The van der Waals surface area contributed by atoms with Gasteiger partial charge in [0.2, 0.25) is 0 Å². The van der Waals surface area contributed by atoms with E-state index in [1.54, 1.807) is 0 Å². The first-order valence-corrected chi connectivity index (χ1v) is 6.50. The smallest absolute Gasteiger partial charge is 0.00948 e. The highest BCUT2D eigenvalue weighted by Gasteiger charge is 2.29. The summed E-state index contributed by atoms with van der Waals surface area (Å²) in [5.74, 6) is 1.95. The minimum Gasteiger partial charge on any atom is -0.317 e. The summed E-state index contributed by atoms with van der Waals surface area (Å²) >= 11 is 0. The average Bonchev–Trinajstić information content (AvgIpc) is 2.26. The van der Waals surface area contributed by atoms with Crippen LogP contribution in [0.1, 0.15) is 58.8 Å². The fourth-order valence-corrected chi connectivity index (χ4v) is 3.16. The van der Waals surface area contributed by atoms with Gasteiger partial charge in [-0.3, -0.25) is 0 Å². The molecule has 1 N–H and O–H groups in total. The lowest BCUT2D eigenvalue weighted by Gasteiger charge is -2.36. The molecule has 0 spiro atoms. The molecule has 1 rings (SSSR count). The molecule has 14 heavy (non-hydrogen) atoms. The van der Waals surface area contributed by atoms with Crippen LogP contribution in [0.3, 0.4) is 0 Å². The summed E-state index contributed by atoms with van der Waals surface area (Å²) in [6.07, 6.45) is 9.93. The molecule has 0 amide bonds. The number of hydrogen-bond donors (Lipinski definition) is 1. The minimum absolute atomic E-state index is 0.783. The maximum absolute atomic E-state index is 3.54. The Morgan fingerprint density at radius 2 is 1.93 bits per heavy atom. The third-order valence-electron chi connectivity index (χ3n) is 3.98. The van der Waals surface area contributed by atoms with E-state index in [1.807, 2.05) is 0 Å². The second kappa shape index (κ2) is 6.44. The molecule has 1 fully saturated rings. The Labute approximate surface area is 89.7 Å². The van der Waals surface area contributed by atoms with Crippen molar-refractivity contribution in [2.75, 3.05) is 7.05 Å². The SMILES string of the molecule is CCCC(NC)C1CCCCC1CC. The van der Waals surface area contributed by atoms with Gasteiger partial charge >= 0.3 is 0 Å². The van der Waals surface area contributed by atoms with E-state index in [0.717, 1.165) is 17.9 Å². The zero-order valence-electron chi connectivity index (χ0n) is 10.2. The Morgan fingerprint density at radius 3 is 2.50 bits per heavy atom. The van der Waals surface area contributed by atoms with Crippen LogP contribution in [0.5, 0.6) is 0 Å². The van der Waals surface area contributed by atoms with E-state index < -0.39 is 0 Å². The van der Waals surface area contributed by atoms with Crippen molar-refractivity contribution in [1.82, 2.24) is 5.32 Å². The first-order valence-electron chi connectivity index (χ1n) is 6.50. The summed E-state index contributed by atoms with van der Waals surface area (Å²) in [4.78, 5) is 0. The summed E-state index contributed by atoms with van der Waals surface area (Å²) < 4.78 is 0. The van der Waals surface area contributed by atoms with Crippen LogP contribution >= 0.6 is 0 Å². The van der Waals surface area contributed by atoms with Crippen LogP contribution in [-0.4, -0.2) is 13.1 Å². The summed E-state index contributed by atoms with van der Waals surface area (Å²) in [5.41, 5.74) is 0. The topological polar surface area (TPSA) is 12.0 Å². The molecule has 1 saturated carbocycles. The lowest BCUT2D eigenvalue weighted by molar-refractivity contribution is 0.173. The molecular weight excluding hydrogens is 170 g/mol. The van der Waals surface area contributed by atoms with Gasteiger partial charge in [-0.2, -0.15) is 0 Å². The van der Waals surface area contributed by atoms with Gasteiger partial charge in [0.05, 0.1) is 0 Å². The number of nitrogens with one attached hydrogen (secondary N) is 1. The highest BCUT2D eigenvalue weighted by molar-refractivity contribution is 4.83. The molecule has 3 atom stereocenters. The average molecular weight is 197 g/mol. The molecule has 0 heterocycles. The van der Waals surface area contributed by atoms with Crippen molar-refractivity contribution in [2.24, 2.45) is 11.8 Å². The van der Waals surface area contributed by atoms with Gasteiger partial charge in [-0.25, -0.2) is 0 Å². The van der Waals surface area contributed by atoms with E-state index in [9.17, 15) is 0 Å². The molecular formula is C13H27N. The van der Waals surface area contributed by atoms with E-state index in [1.165, 1.54) is 44.9 Å². The Morgan fingerprint density at radius 1 is 1.21 bits per heavy atom. The molecule has 0 bridgehead atoms. The summed E-state index contributed by atoms with van der Waals surface area (Å²) in [7, 11) is 2.14. The van der Waals surface area contributed by atoms with Crippen LogP contribution in [-0.2, 0) is 0 Å². The van der Waals surface area contributed by atoms with Crippen molar-refractivity contribution < 1.29 is 0 Å². The van der Waals surface area contributed by atoms with Crippen molar-refractivity contribution in [3.8, 4) is 0 Å². The van der Waals surface area contributed by atoms with Gasteiger partial charge in [0.25, 0.3) is 0 Å². The van der Waals surface area contributed by atoms with E-state index in [2.05, 4.69) is 26.2 Å². The first kappa shape index (κ1) is 12.0. The molecule has 0 radical (unpaired) electrons. The molecule has 0 saturated heterocycles. The Kier molecular flexibility index (Phi) is 5.54. The summed E-state index contributed by atoms with van der Waals surface area (Å²) in [5, 5.41) is 3.54. The molecule has 1 heteroatoms. The molecule has 1 aliphatic carbocycles. The van der Waals surface area contributed by atoms with Crippen LogP contribution in [0.25, 0.3) is 0 Å². The first-order chi connectivity index (χ1) is 6.83. The van der Waals surface area contributed by atoms with Gasteiger partial charge < -0.3 is 5.32 Å². The van der Waals surface area contributed by atoms with E-state index in [-0.39, 0.29) is 0 Å². The van der Waals surface area contributed by atoms with Gasteiger partial charge in [-0.05, 0) is 31.7 Å². The molecule has 0 aromatic heterocycles. The molecule has 0 aromatic rings. The maximum atomic E-state index is 3.54. The lowest BCUT2D eigenvalue weighted by atomic mass is 9.73. The van der Waals surface area contributed by atoms with Crippen LogP contribution in [0.15, 0.2) is 0 Å². The number of rotatable bonds is 5. The maximum Gasteiger partial charge on any atom is 0.00948 e. The van der Waals surface area contributed by atoms with Crippen molar-refractivity contribution in [2.45, 2.75) is 64.8 Å². The second-order valence-electron chi connectivity index (χ2n) is 4.80. The van der Waals surface area contributed by atoms with Gasteiger partial charge in [0.15, 0.2) is 0 Å². The van der Waals surface area contributed by atoms with Crippen molar-refractivity contribution in [1.29, 1.82) is 0 Å². The number of hydrogen-bond acceptors (Lipinski definition) is 1. The Hall–Kier alpha value is -0.0400. The summed E-state index contributed by atoms with van der Waals surface area (Å²) in [6, 6.07) is 0.783. The fourth-order valence-electron chi connectivity index (χ4n) is 3.16. The normalized spacial score (nSPS) is 30.2. The zero-order valence-corrected chi connectivity index (χ0v) is 10.2. The van der Waals surface area contributed by atoms with E-state index in [4.69, 9.17) is 0 Å². The Balaban J connectivity index is 2.51. The van der Waals surface area contributed by atoms with E-state index >= 15 is 0 Å². The van der Waals surface area contributed by atoms with Gasteiger partial charge in [-0.15, -0.1) is 0 Å². The van der Waals surface area contributed by atoms with Crippen LogP contribution in [0.4, 0.5) is 0 Å². The summed E-state index contributed by atoms with van der Waals surface area (Å²) in [6.45, 7) is 4.66. The van der Waals surface area contributed by atoms with Gasteiger partial charge in [0.1, 0.15) is 0 Å². The molecule has 84 valence electrons. The standard InChI is InChI=1S/C13H27N/c1-4-8-13(14-3)12-10-7-6-9-11(12)5-2/h11-14H,4-10H2,1-3H3. The molecule has 1 nitrogen and oxygen atoms in total. The van der Waals surface area contributed by atoms with Crippen LogP contribution in [0.2, 0.25) is 0 Å². The van der Waals surface area contributed by atoms with Crippen molar-refractivity contribution in [3.05, 3.63) is 0 Å². The largest absolute Gasteiger partial charge is 0.317 e. The van der Waals surface area contributed by atoms with Gasteiger partial charge in [0, 0.05) is 6.04 Å². The van der Waals surface area contributed by atoms with Gasteiger partial charge in [-0.1, -0.05) is 46.0 Å². The highest BCUT2D eigenvalue weighted by atomic mass is 14.9. The highest BCUT2D eigenvalue weighted by Crippen LogP contribution is 2.35.